The van der Waals surface area contributed by atoms with E-state index in [1.807, 2.05) is 48.5 Å². The van der Waals surface area contributed by atoms with Gasteiger partial charge < -0.3 is 9.69 Å². The van der Waals surface area contributed by atoms with Crippen molar-refractivity contribution in [2.75, 3.05) is 4.90 Å². The van der Waals surface area contributed by atoms with Crippen LogP contribution in [0.2, 0.25) is 0 Å². The quantitative estimate of drug-likeness (QED) is 0.807. The number of hydrogen-bond acceptors (Lipinski definition) is 2. The Morgan fingerprint density at radius 2 is 1.62 bits per heavy atom. The number of nitrogens with zero attached hydrogens (tertiary/aromatic N) is 1. The maximum absolute atomic E-state index is 12.8. The molecule has 0 bridgehead atoms. The summed E-state index contributed by atoms with van der Waals surface area (Å²) in [6.07, 6.45) is 1.39. The summed E-state index contributed by atoms with van der Waals surface area (Å²) >= 11 is 0. The maximum atomic E-state index is 12.8. The van der Waals surface area contributed by atoms with Gasteiger partial charge in [0.1, 0.15) is 5.78 Å². The van der Waals surface area contributed by atoms with Gasteiger partial charge in [-0.3, -0.25) is 4.79 Å². The molecule has 0 unspecified atom stereocenters. The van der Waals surface area contributed by atoms with Crippen LogP contribution in [0.25, 0.3) is 0 Å². The number of rotatable bonds is 4. The lowest BCUT2D eigenvalue weighted by molar-refractivity contribution is -0.119. The fourth-order valence-corrected chi connectivity index (χ4v) is 2.83. The van der Waals surface area contributed by atoms with Gasteiger partial charge >= 0.3 is 0 Å². The monoisotopic (exact) mass is 317 g/mol. The first-order valence-electron chi connectivity index (χ1n) is 8.14. The molecule has 2 aromatic rings. The second-order valence-electron chi connectivity index (χ2n) is 5.96. The minimum absolute atomic E-state index is 0.0298. The maximum Gasteiger partial charge on any atom is 0.227 e. The van der Waals surface area contributed by atoms with Gasteiger partial charge in [0.05, 0.1) is 12.2 Å². The van der Waals surface area contributed by atoms with Crippen LogP contribution in [0, 0.1) is 11.8 Å². The summed E-state index contributed by atoms with van der Waals surface area (Å²) in [6.45, 7) is 2.06. The molecule has 3 nitrogen and oxygen atoms in total. The van der Waals surface area contributed by atoms with Gasteiger partial charge in [-0.15, -0.1) is 0 Å². The Bertz CT molecular complexity index is 842. The molecule has 0 atom stereocenters. The van der Waals surface area contributed by atoms with Crippen LogP contribution in [0.4, 0.5) is 5.69 Å². The van der Waals surface area contributed by atoms with Gasteiger partial charge in [0.25, 0.3) is 0 Å². The number of carbonyl (C=O) groups is 2. The van der Waals surface area contributed by atoms with Gasteiger partial charge in [-0.2, -0.15) is 0 Å². The average molecular weight is 317 g/mol. The molecule has 1 heterocycles. The molecule has 0 aromatic heterocycles. The molecule has 0 radical (unpaired) electrons. The lowest BCUT2D eigenvalue weighted by Gasteiger charge is -2.26. The van der Waals surface area contributed by atoms with Crippen molar-refractivity contribution in [3.63, 3.8) is 0 Å². The van der Waals surface area contributed by atoms with E-state index in [4.69, 9.17) is 0 Å². The number of anilines is 1. The highest BCUT2D eigenvalue weighted by atomic mass is 16.2. The second-order valence-corrected chi connectivity index (χ2v) is 5.96. The van der Waals surface area contributed by atoms with E-state index >= 15 is 0 Å². The summed E-state index contributed by atoms with van der Waals surface area (Å²) in [5, 5.41) is 0. The summed E-state index contributed by atoms with van der Waals surface area (Å²) in [5.74, 6) is 6.54. The number of carbonyl (C=O) groups excluding carboxylic acids is 2. The molecular formula is C21H19NO2. The normalized spacial score (nSPS) is 12.1. The Balaban J connectivity index is 1.95. The molecule has 24 heavy (non-hydrogen) atoms. The number of benzene rings is 2. The van der Waals surface area contributed by atoms with E-state index in [-0.39, 0.29) is 11.7 Å². The molecule has 1 amide bonds. The molecule has 0 aliphatic carbocycles. The van der Waals surface area contributed by atoms with Gasteiger partial charge in [0, 0.05) is 24.0 Å². The zero-order valence-corrected chi connectivity index (χ0v) is 13.7. The first-order valence-corrected chi connectivity index (χ1v) is 8.14. The zero-order chi connectivity index (χ0) is 16.9. The van der Waals surface area contributed by atoms with Crippen LogP contribution in [0.15, 0.2) is 48.5 Å². The molecule has 0 saturated carbocycles. The summed E-state index contributed by atoms with van der Waals surface area (Å²) in [4.78, 5) is 25.7. The highest BCUT2D eigenvalue weighted by molar-refractivity contribution is 5.95. The van der Waals surface area contributed by atoms with Crippen molar-refractivity contribution in [2.24, 2.45) is 0 Å². The van der Waals surface area contributed by atoms with Crippen molar-refractivity contribution in [2.45, 2.75) is 32.7 Å². The van der Waals surface area contributed by atoms with Gasteiger partial charge in [-0.1, -0.05) is 42.2 Å². The number of fused-ring (bicyclic) bond motifs is 2. The Morgan fingerprint density at radius 1 is 0.958 bits per heavy atom. The Kier molecular flexibility index (Phi) is 4.77. The second kappa shape index (κ2) is 7.14. The fraction of sp³-hybridized carbons (Fsp3) is 0.238. The van der Waals surface area contributed by atoms with E-state index in [1.54, 1.807) is 11.8 Å². The zero-order valence-electron chi connectivity index (χ0n) is 13.7. The van der Waals surface area contributed by atoms with Gasteiger partial charge in [0.15, 0.2) is 0 Å². The Hall–Kier alpha value is -2.86. The molecule has 1 aliphatic heterocycles. The largest absolute Gasteiger partial charge is 0.307 e. The van der Waals surface area contributed by atoms with Gasteiger partial charge in [-0.25, -0.2) is 0 Å². The Morgan fingerprint density at radius 3 is 2.42 bits per heavy atom. The number of hydrogen-bond donors (Lipinski definition) is 0. The van der Waals surface area contributed by atoms with E-state index < -0.39 is 0 Å². The highest BCUT2D eigenvalue weighted by Crippen LogP contribution is 2.26. The molecule has 0 fully saturated rings. The third-order valence-corrected chi connectivity index (χ3v) is 4.09. The molecule has 3 rings (SSSR count). The third kappa shape index (κ3) is 3.55. The van der Waals surface area contributed by atoms with Crippen LogP contribution in [0.1, 0.15) is 42.9 Å². The van der Waals surface area contributed by atoms with Crippen LogP contribution >= 0.6 is 0 Å². The number of para-hydroxylation sites is 1. The van der Waals surface area contributed by atoms with Gasteiger partial charge in [0.2, 0.25) is 5.91 Å². The third-order valence-electron chi connectivity index (χ3n) is 4.09. The van der Waals surface area contributed by atoms with E-state index in [0.29, 0.717) is 25.8 Å². The molecule has 0 N–H and O–H groups in total. The minimum atomic E-state index is 0.0298. The van der Waals surface area contributed by atoms with E-state index in [9.17, 15) is 9.59 Å². The van der Waals surface area contributed by atoms with E-state index in [2.05, 4.69) is 11.8 Å². The molecule has 3 heteroatoms. The van der Waals surface area contributed by atoms with Crippen molar-refractivity contribution in [3.8, 4) is 11.8 Å². The van der Waals surface area contributed by atoms with E-state index in [0.717, 1.165) is 22.4 Å². The van der Waals surface area contributed by atoms with Crippen LogP contribution in [0.3, 0.4) is 0 Å². The number of amides is 1. The molecule has 2 aromatic carbocycles. The smallest absolute Gasteiger partial charge is 0.227 e. The highest BCUT2D eigenvalue weighted by Gasteiger charge is 2.20. The molecule has 1 aliphatic rings. The van der Waals surface area contributed by atoms with Crippen molar-refractivity contribution in [3.05, 3.63) is 65.2 Å². The van der Waals surface area contributed by atoms with Crippen molar-refractivity contribution in [1.29, 1.82) is 0 Å². The Labute approximate surface area is 142 Å². The summed E-state index contributed by atoms with van der Waals surface area (Å²) in [6, 6.07) is 15.6. The standard InChI is InChI=1S/C21H19NO2/c1-16(23)7-6-12-21(24)22-15-19-10-3-2-8-17(19)13-14-18-9-4-5-11-20(18)22/h2-5,8-11H,6-7,12,15H2,1H3. The van der Waals surface area contributed by atoms with Crippen LogP contribution in [-0.2, 0) is 16.1 Å². The first-order chi connectivity index (χ1) is 11.6. The molecule has 0 saturated heterocycles. The molecule has 0 spiro atoms. The van der Waals surface area contributed by atoms with E-state index in [1.165, 1.54) is 0 Å². The van der Waals surface area contributed by atoms with Crippen molar-refractivity contribution in [1.82, 2.24) is 0 Å². The molecule has 120 valence electrons. The van der Waals surface area contributed by atoms with Crippen molar-refractivity contribution < 1.29 is 9.59 Å². The van der Waals surface area contributed by atoms with Crippen LogP contribution in [-0.4, -0.2) is 11.7 Å². The van der Waals surface area contributed by atoms with Gasteiger partial charge in [-0.05, 0) is 37.1 Å². The van der Waals surface area contributed by atoms with Crippen LogP contribution in [0.5, 0.6) is 0 Å². The SMILES string of the molecule is CC(=O)CCCC(=O)N1Cc2ccccc2C#Cc2ccccc21. The fourth-order valence-electron chi connectivity index (χ4n) is 2.83. The lowest BCUT2D eigenvalue weighted by atomic mass is 10.0. The minimum Gasteiger partial charge on any atom is -0.307 e. The predicted molar refractivity (Wildman–Crippen MR) is 94.6 cm³/mol. The molecular weight excluding hydrogens is 298 g/mol. The number of ketones is 1. The predicted octanol–water partition coefficient (Wildman–Crippen LogP) is 3.69. The topological polar surface area (TPSA) is 37.4 Å². The summed E-state index contributed by atoms with van der Waals surface area (Å²) in [7, 11) is 0. The average Bonchev–Trinajstić information content (AvgIpc) is 2.56. The van der Waals surface area contributed by atoms with Crippen LogP contribution < -0.4 is 4.90 Å². The van der Waals surface area contributed by atoms with Crippen molar-refractivity contribution >= 4 is 17.4 Å². The summed E-state index contributed by atoms with van der Waals surface area (Å²) in [5.41, 5.74) is 3.69. The number of Topliss-reactive ketones (excluding diaryl/α,β-unsaturated/α-hetero) is 1. The summed E-state index contributed by atoms with van der Waals surface area (Å²) < 4.78 is 0. The lowest BCUT2D eigenvalue weighted by Crippen LogP contribution is -2.31. The first kappa shape index (κ1) is 16.0.